The number of methoxy groups -OCH3 is 1. The number of carbonyl (C=O) groups is 2. The van der Waals surface area contributed by atoms with Crippen molar-refractivity contribution in [3.05, 3.63) is 86.0 Å². The number of nitro benzene ring substituents is 2. The van der Waals surface area contributed by atoms with Gasteiger partial charge in [0.2, 0.25) is 0 Å². The molecule has 17 heteroatoms. The lowest BCUT2D eigenvalue weighted by atomic mass is 10.0. The third kappa shape index (κ3) is 8.30. The van der Waals surface area contributed by atoms with E-state index in [4.69, 9.17) is 18.9 Å². The standard InChI is InChI=1S/C29H28F3N3O11/c1-5-44-27(37)23(33(3)28(38)29(30,31)32)14-17-12-21(34(39)40)26(22(13-17)35(41)42)46-20-10-11-24(36)25(15-20)45-16(2)18-6-8-19(43-4)9-7-18/h6-13,15-16,23,36H,5,14H2,1-4H3/t16?,23-/m0/s1. The molecule has 3 rings (SSSR count). The van der Waals surface area contributed by atoms with Gasteiger partial charge in [-0.2, -0.15) is 13.2 Å². The number of carbonyl (C=O) groups excluding carboxylic acids is 2. The van der Waals surface area contributed by atoms with Crippen molar-refractivity contribution >= 4 is 23.3 Å². The number of nitro groups is 2. The van der Waals surface area contributed by atoms with Gasteiger partial charge in [0, 0.05) is 31.7 Å². The summed E-state index contributed by atoms with van der Waals surface area (Å²) < 4.78 is 60.6. The molecule has 0 bridgehead atoms. The molecule has 3 aromatic carbocycles. The third-order valence-electron chi connectivity index (χ3n) is 6.56. The Hall–Kier alpha value is -5.61. The van der Waals surface area contributed by atoms with Crippen molar-refractivity contribution in [3.63, 3.8) is 0 Å². The number of amides is 1. The Balaban J connectivity index is 2.00. The second kappa shape index (κ2) is 14.4. The van der Waals surface area contributed by atoms with E-state index in [1.54, 1.807) is 31.2 Å². The summed E-state index contributed by atoms with van der Waals surface area (Å²) >= 11 is 0. The fourth-order valence-corrected chi connectivity index (χ4v) is 4.23. The van der Waals surface area contributed by atoms with Crippen LogP contribution >= 0.6 is 0 Å². The average molecular weight is 652 g/mol. The van der Waals surface area contributed by atoms with Gasteiger partial charge in [0.15, 0.2) is 11.5 Å². The van der Waals surface area contributed by atoms with Crippen molar-refractivity contribution in [2.24, 2.45) is 0 Å². The van der Waals surface area contributed by atoms with Gasteiger partial charge in [0.05, 0.1) is 23.6 Å². The predicted octanol–water partition coefficient (Wildman–Crippen LogP) is 5.64. The van der Waals surface area contributed by atoms with Gasteiger partial charge in [0.1, 0.15) is 23.6 Å². The van der Waals surface area contributed by atoms with E-state index in [0.29, 0.717) is 18.4 Å². The van der Waals surface area contributed by atoms with E-state index in [0.717, 1.165) is 30.3 Å². The molecule has 246 valence electrons. The van der Waals surface area contributed by atoms with Crippen LogP contribution in [-0.2, 0) is 20.7 Å². The van der Waals surface area contributed by atoms with Crippen LogP contribution in [0.15, 0.2) is 54.6 Å². The summed E-state index contributed by atoms with van der Waals surface area (Å²) in [5, 5.41) is 34.4. The van der Waals surface area contributed by atoms with E-state index in [2.05, 4.69) is 0 Å². The number of rotatable bonds is 13. The molecule has 1 N–H and O–H groups in total. The van der Waals surface area contributed by atoms with Crippen LogP contribution in [0.4, 0.5) is 24.5 Å². The van der Waals surface area contributed by atoms with Crippen molar-refractivity contribution < 1.29 is 56.7 Å². The molecule has 0 heterocycles. The molecule has 0 aliphatic rings. The van der Waals surface area contributed by atoms with Crippen LogP contribution in [0.2, 0.25) is 0 Å². The van der Waals surface area contributed by atoms with E-state index in [9.17, 15) is 48.1 Å². The first-order chi connectivity index (χ1) is 21.6. The molecule has 2 atom stereocenters. The topological polar surface area (TPSA) is 181 Å². The maximum absolute atomic E-state index is 13.1. The predicted molar refractivity (Wildman–Crippen MR) is 153 cm³/mol. The molecule has 0 radical (unpaired) electrons. The highest BCUT2D eigenvalue weighted by molar-refractivity contribution is 5.87. The van der Waals surface area contributed by atoms with Crippen LogP contribution in [0, 0.1) is 20.2 Å². The minimum absolute atomic E-state index is 0.0466. The van der Waals surface area contributed by atoms with Gasteiger partial charge in [0.25, 0.3) is 5.75 Å². The highest BCUT2D eigenvalue weighted by Crippen LogP contribution is 2.43. The summed E-state index contributed by atoms with van der Waals surface area (Å²) in [5.41, 5.74) is -1.59. The molecule has 3 aromatic rings. The lowest BCUT2D eigenvalue weighted by Gasteiger charge is -2.27. The van der Waals surface area contributed by atoms with Crippen molar-refractivity contribution in [2.45, 2.75) is 38.6 Å². The minimum atomic E-state index is -5.37. The van der Waals surface area contributed by atoms with Crippen molar-refractivity contribution in [2.75, 3.05) is 20.8 Å². The van der Waals surface area contributed by atoms with Gasteiger partial charge in [-0.15, -0.1) is 0 Å². The molecule has 1 unspecified atom stereocenters. The number of hydrogen-bond acceptors (Lipinski definition) is 11. The molecular formula is C29H28F3N3O11. The van der Waals surface area contributed by atoms with Crippen LogP contribution in [0.5, 0.6) is 28.7 Å². The largest absolute Gasteiger partial charge is 0.504 e. The number of benzene rings is 3. The summed E-state index contributed by atoms with van der Waals surface area (Å²) in [5.74, 6) is -4.61. The quantitative estimate of drug-likeness (QED) is 0.137. The molecule has 0 saturated carbocycles. The summed E-state index contributed by atoms with van der Waals surface area (Å²) in [4.78, 5) is 46.4. The van der Waals surface area contributed by atoms with Gasteiger partial charge >= 0.3 is 29.4 Å². The summed E-state index contributed by atoms with van der Waals surface area (Å²) in [6.07, 6.45) is -6.79. The number of esters is 1. The van der Waals surface area contributed by atoms with Crippen LogP contribution in [-0.4, -0.2) is 64.7 Å². The minimum Gasteiger partial charge on any atom is -0.504 e. The molecule has 0 aliphatic heterocycles. The first kappa shape index (κ1) is 34.9. The summed E-state index contributed by atoms with van der Waals surface area (Å²) in [7, 11) is 2.18. The third-order valence-corrected chi connectivity index (χ3v) is 6.56. The normalized spacial score (nSPS) is 12.4. The van der Waals surface area contributed by atoms with E-state index < -0.39 is 63.6 Å². The molecule has 0 aromatic heterocycles. The van der Waals surface area contributed by atoms with Crippen molar-refractivity contribution in [3.8, 4) is 28.7 Å². The zero-order valence-electron chi connectivity index (χ0n) is 24.8. The first-order valence-corrected chi connectivity index (χ1v) is 13.3. The molecular weight excluding hydrogens is 623 g/mol. The maximum atomic E-state index is 13.1. The Bertz CT molecular complexity index is 1580. The highest BCUT2D eigenvalue weighted by Gasteiger charge is 2.45. The van der Waals surface area contributed by atoms with Crippen LogP contribution in [0.25, 0.3) is 0 Å². The lowest BCUT2D eigenvalue weighted by Crippen LogP contribution is -2.49. The van der Waals surface area contributed by atoms with E-state index >= 15 is 0 Å². The number of ether oxygens (including phenoxy) is 4. The van der Waals surface area contributed by atoms with E-state index in [1.807, 2.05) is 0 Å². The summed E-state index contributed by atoms with van der Waals surface area (Å²) in [6.45, 7) is 2.77. The zero-order chi connectivity index (χ0) is 34.3. The first-order valence-electron chi connectivity index (χ1n) is 13.3. The second-order valence-electron chi connectivity index (χ2n) is 9.63. The van der Waals surface area contributed by atoms with Crippen LogP contribution < -0.4 is 14.2 Å². The Morgan fingerprint density at radius 3 is 2.04 bits per heavy atom. The fourth-order valence-electron chi connectivity index (χ4n) is 4.23. The highest BCUT2D eigenvalue weighted by atomic mass is 19.4. The van der Waals surface area contributed by atoms with Crippen molar-refractivity contribution in [1.29, 1.82) is 0 Å². The Morgan fingerprint density at radius 1 is 0.978 bits per heavy atom. The fraction of sp³-hybridized carbons (Fsp3) is 0.310. The van der Waals surface area contributed by atoms with Gasteiger partial charge in [-0.3, -0.25) is 25.0 Å². The van der Waals surface area contributed by atoms with Crippen molar-refractivity contribution in [1.82, 2.24) is 4.90 Å². The molecule has 0 spiro atoms. The van der Waals surface area contributed by atoms with Crippen LogP contribution in [0.1, 0.15) is 31.1 Å². The Kier molecular flexibility index (Phi) is 11.0. The van der Waals surface area contributed by atoms with E-state index in [-0.39, 0.29) is 34.3 Å². The number of likely N-dealkylation sites (N-methyl/N-ethyl adjacent to an activating group) is 1. The van der Waals surface area contributed by atoms with Gasteiger partial charge < -0.3 is 29.0 Å². The zero-order valence-corrected chi connectivity index (χ0v) is 24.8. The maximum Gasteiger partial charge on any atom is 0.471 e. The van der Waals surface area contributed by atoms with E-state index in [1.165, 1.54) is 14.0 Å². The summed E-state index contributed by atoms with van der Waals surface area (Å²) in [6, 6.07) is 9.86. The number of phenolic OH excluding ortho intramolecular Hbond substituents is 1. The average Bonchev–Trinajstić information content (AvgIpc) is 3.00. The number of halogens is 3. The Labute approximate surface area is 259 Å². The molecule has 0 aliphatic carbocycles. The monoisotopic (exact) mass is 651 g/mol. The molecule has 46 heavy (non-hydrogen) atoms. The Morgan fingerprint density at radius 2 is 1.54 bits per heavy atom. The smallest absolute Gasteiger partial charge is 0.471 e. The van der Waals surface area contributed by atoms with Gasteiger partial charge in [-0.1, -0.05) is 12.1 Å². The van der Waals surface area contributed by atoms with Gasteiger partial charge in [-0.25, -0.2) is 4.79 Å². The SMILES string of the molecule is CCOC(=O)[C@H](Cc1cc([N+](=O)[O-])c(Oc2ccc(O)c(OC(C)c3ccc(OC)cc3)c2)c([N+](=O)[O-])c1)N(C)C(=O)C(F)(F)F. The molecule has 1 amide bonds. The lowest BCUT2D eigenvalue weighted by molar-refractivity contribution is -0.395. The number of hydrogen-bond donors (Lipinski definition) is 1. The molecule has 14 nitrogen and oxygen atoms in total. The number of alkyl halides is 3. The molecule has 0 saturated heterocycles. The van der Waals surface area contributed by atoms with Gasteiger partial charge in [-0.05, 0) is 49.2 Å². The number of aromatic hydroxyl groups is 1. The number of phenols is 1. The van der Waals surface area contributed by atoms with Crippen LogP contribution in [0.3, 0.4) is 0 Å². The number of nitrogens with zero attached hydrogens (tertiary/aromatic N) is 3. The second-order valence-corrected chi connectivity index (χ2v) is 9.63. The molecule has 0 fully saturated rings.